The molecule has 0 aliphatic rings. The van der Waals surface area contributed by atoms with Crippen molar-refractivity contribution in [1.29, 1.82) is 0 Å². The number of amides is 1. The molecule has 24 heavy (non-hydrogen) atoms. The first-order valence-corrected chi connectivity index (χ1v) is 7.56. The standard InChI is InChI=1S/C19H20N2O3/c1-19(2,3)15-11-9-14(10-12-15)17(22)21-20-16(18(23)24)13-7-5-4-6-8-13/h4-12H,1-3H3,(H,21,22)(H,23,24). The summed E-state index contributed by atoms with van der Waals surface area (Å²) in [5.74, 6) is -1.66. The van der Waals surface area contributed by atoms with Gasteiger partial charge in [-0.25, -0.2) is 10.2 Å². The second-order valence-electron chi connectivity index (χ2n) is 6.40. The third-order valence-electron chi connectivity index (χ3n) is 3.53. The molecule has 5 heteroatoms. The highest BCUT2D eigenvalue weighted by atomic mass is 16.4. The van der Waals surface area contributed by atoms with E-state index in [0.29, 0.717) is 11.1 Å². The third kappa shape index (κ3) is 4.29. The summed E-state index contributed by atoms with van der Waals surface area (Å²) in [7, 11) is 0. The van der Waals surface area contributed by atoms with Gasteiger partial charge in [0.1, 0.15) is 0 Å². The summed E-state index contributed by atoms with van der Waals surface area (Å²) in [6.07, 6.45) is 0. The van der Waals surface area contributed by atoms with Crippen molar-refractivity contribution < 1.29 is 14.7 Å². The number of nitrogens with zero attached hydrogens (tertiary/aromatic N) is 1. The Bertz CT molecular complexity index is 757. The Kier molecular flexibility index (Phi) is 5.14. The molecule has 0 radical (unpaired) electrons. The van der Waals surface area contributed by atoms with Gasteiger partial charge >= 0.3 is 5.97 Å². The van der Waals surface area contributed by atoms with Crippen LogP contribution >= 0.6 is 0 Å². The Morgan fingerprint density at radius 3 is 2.00 bits per heavy atom. The summed E-state index contributed by atoms with van der Waals surface area (Å²) in [5.41, 5.74) is 4.04. The quantitative estimate of drug-likeness (QED) is 0.669. The van der Waals surface area contributed by atoms with E-state index in [9.17, 15) is 14.7 Å². The monoisotopic (exact) mass is 324 g/mol. The molecule has 0 saturated carbocycles. The first-order chi connectivity index (χ1) is 11.3. The number of benzene rings is 2. The number of carbonyl (C=O) groups is 2. The predicted molar refractivity (Wildman–Crippen MR) is 93.2 cm³/mol. The number of hydrogen-bond acceptors (Lipinski definition) is 3. The highest BCUT2D eigenvalue weighted by molar-refractivity contribution is 6.42. The first kappa shape index (κ1) is 17.4. The van der Waals surface area contributed by atoms with E-state index in [0.717, 1.165) is 5.56 Å². The fourth-order valence-electron chi connectivity index (χ4n) is 2.12. The molecule has 0 atom stereocenters. The minimum absolute atomic E-state index is 0.00303. The Balaban J connectivity index is 2.17. The van der Waals surface area contributed by atoms with Crippen LogP contribution in [0.15, 0.2) is 59.7 Å². The lowest BCUT2D eigenvalue weighted by molar-refractivity contribution is -0.129. The van der Waals surface area contributed by atoms with Crippen molar-refractivity contribution in [2.45, 2.75) is 26.2 Å². The number of carbonyl (C=O) groups excluding carboxylic acids is 1. The van der Waals surface area contributed by atoms with E-state index in [4.69, 9.17) is 0 Å². The van der Waals surface area contributed by atoms with Crippen LogP contribution in [-0.4, -0.2) is 22.7 Å². The lowest BCUT2D eigenvalue weighted by Crippen LogP contribution is -2.24. The molecule has 124 valence electrons. The van der Waals surface area contributed by atoms with Crippen LogP contribution < -0.4 is 5.43 Å². The van der Waals surface area contributed by atoms with Crippen LogP contribution in [-0.2, 0) is 10.2 Å². The Morgan fingerprint density at radius 1 is 0.917 bits per heavy atom. The van der Waals surface area contributed by atoms with Gasteiger partial charge in [-0.05, 0) is 23.1 Å². The summed E-state index contributed by atoms with van der Waals surface area (Å²) < 4.78 is 0. The zero-order valence-electron chi connectivity index (χ0n) is 13.9. The van der Waals surface area contributed by atoms with Gasteiger partial charge in [-0.1, -0.05) is 63.2 Å². The average Bonchev–Trinajstić information content (AvgIpc) is 2.55. The van der Waals surface area contributed by atoms with E-state index >= 15 is 0 Å². The lowest BCUT2D eigenvalue weighted by Gasteiger charge is -2.18. The number of carboxylic acid groups (broad SMARTS) is 1. The van der Waals surface area contributed by atoms with Crippen molar-refractivity contribution in [1.82, 2.24) is 5.43 Å². The molecule has 0 aliphatic carbocycles. The van der Waals surface area contributed by atoms with E-state index in [2.05, 4.69) is 31.3 Å². The Morgan fingerprint density at radius 2 is 1.50 bits per heavy atom. The van der Waals surface area contributed by atoms with E-state index < -0.39 is 11.9 Å². The van der Waals surface area contributed by atoms with Gasteiger partial charge in [0.15, 0.2) is 5.71 Å². The van der Waals surface area contributed by atoms with E-state index in [1.807, 2.05) is 12.1 Å². The molecule has 2 aromatic rings. The Labute approximate surface area is 141 Å². The van der Waals surface area contributed by atoms with Gasteiger partial charge in [0.25, 0.3) is 5.91 Å². The molecule has 2 rings (SSSR count). The molecule has 2 aromatic carbocycles. The summed E-state index contributed by atoms with van der Waals surface area (Å²) in [6, 6.07) is 15.6. The summed E-state index contributed by atoms with van der Waals surface area (Å²) in [5, 5.41) is 13.0. The molecule has 0 saturated heterocycles. The van der Waals surface area contributed by atoms with Gasteiger partial charge in [0.05, 0.1) is 0 Å². The maximum atomic E-state index is 12.2. The summed E-state index contributed by atoms with van der Waals surface area (Å²) in [6.45, 7) is 6.27. The van der Waals surface area contributed by atoms with Crippen molar-refractivity contribution in [3.8, 4) is 0 Å². The van der Waals surface area contributed by atoms with Crippen molar-refractivity contribution in [3.63, 3.8) is 0 Å². The number of nitrogens with one attached hydrogen (secondary N) is 1. The fraction of sp³-hybridized carbons (Fsp3) is 0.211. The third-order valence-corrected chi connectivity index (χ3v) is 3.53. The molecular formula is C19H20N2O3. The number of rotatable bonds is 4. The molecule has 0 heterocycles. The van der Waals surface area contributed by atoms with Crippen molar-refractivity contribution >= 4 is 17.6 Å². The van der Waals surface area contributed by atoms with Crippen LogP contribution in [0.5, 0.6) is 0 Å². The molecular weight excluding hydrogens is 304 g/mol. The molecule has 0 aliphatic heterocycles. The van der Waals surface area contributed by atoms with Gasteiger partial charge in [0, 0.05) is 11.1 Å². The molecule has 0 fully saturated rings. The Hall–Kier alpha value is -2.95. The van der Waals surface area contributed by atoms with Crippen LogP contribution in [0, 0.1) is 0 Å². The van der Waals surface area contributed by atoms with Gasteiger partial charge in [-0.3, -0.25) is 4.79 Å². The fourth-order valence-corrected chi connectivity index (χ4v) is 2.12. The second-order valence-corrected chi connectivity index (χ2v) is 6.40. The SMILES string of the molecule is CC(C)(C)c1ccc(C(=O)NN=C(C(=O)O)c2ccccc2)cc1. The molecule has 0 aromatic heterocycles. The normalized spacial score (nSPS) is 11.9. The van der Waals surface area contributed by atoms with Crippen LogP contribution in [0.1, 0.15) is 42.3 Å². The first-order valence-electron chi connectivity index (χ1n) is 7.56. The topological polar surface area (TPSA) is 78.8 Å². The smallest absolute Gasteiger partial charge is 0.356 e. The summed E-state index contributed by atoms with van der Waals surface area (Å²) >= 11 is 0. The van der Waals surface area contributed by atoms with Gasteiger partial charge < -0.3 is 5.11 Å². The average molecular weight is 324 g/mol. The van der Waals surface area contributed by atoms with Crippen LogP contribution in [0.2, 0.25) is 0 Å². The number of hydrogen-bond donors (Lipinski definition) is 2. The van der Waals surface area contributed by atoms with Crippen molar-refractivity contribution in [2.24, 2.45) is 5.10 Å². The van der Waals surface area contributed by atoms with E-state index in [1.165, 1.54) is 0 Å². The van der Waals surface area contributed by atoms with E-state index in [1.54, 1.807) is 42.5 Å². The zero-order valence-corrected chi connectivity index (χ0v) is 13.9. The molecule has 0 bridgehead atoms. The van der Waals surface area contributed by atoms with Crippen molar-refractivity contribution in [3.05, 3.63) is 71.3 Å². The largest absolute Gasteiger partial charge is 0.476 e. The van der Waals surface area contributed by atoms with Gasteiger partial charge in [0.2, 0.25) is 0 Å². The van der Waals surface area contributed by atoms with Crippen LogP contribution in [0.25, 0.3) is 0 Å². The van der Waals surface area contributed by atoms with Gasteiger partial charge in [-0.15, -0.1) is 0 Å². The molecule has 0 unspecified atom stereocenters. The predicted octanol–water partition coefficient (Wildman–Crippen LogP) is 3.20. The molecule has 5 nitrogen and oxygen atoms in total. The molecule has 1 amide bonds. The summed E-state index contributed by atoms with van der Waals surface area (Å²) in [4.78, 5) is 23.5. The minimum Gasteiger partial charge on any atom is -0.476 e. The van der Waals surface area contributed by atoms with Gasteiger partial charge in [-0.2, -0.15) is 5.10 Å². The molecule has 2 N–H and O–H groups in total. The number of aliphatic carboxylic acids is 1. The number of hydrazone groups is 1. The number of carboxylic acids is 1. The zero-order chi connectivity index (χ0) is 17.7. The lowest BCUT2D eigenvalue weighted by atomic mass is 9.87. The minimum atomic E-state index is -1.20. The maximum Gasteiger partial charge on any atom is 0.356 e. The highest BCUT2D eigenvalue weighted by Crippen LogP contribution is 2.22. The van der Waals surface area contributed by atoms with Crippen LogP contribution in [0.3, 0.4) is 0 Å². The molecule has 0 spiro atoms. The van der Waals surface area contributed by atoms with Crippen molar-refractivity contribution in [2.75, 3.05) is 0 Å². The van der Waals surface area contributed by atoms with Crippen LogP contribution in [0.4, 0.5) is 0 Å². The second kappa shape index (κ2) is 7.08. The maximum absolute atomic E-state index is 12.2. The van der Waals surface area contributed by atoms with E-state index in [-0.39, 0.29) is 11.1 Å². The highest BCUT2D eigenvalue weighted by Gasteiger charge is 2.15.